The molecular formula is C11H8F3N3OS. The first-order valence-electron chi connectivity index (χ1n) is 5.16. The van der Waals surface area contributed by atoms with Gasteiger partial charge in [0.1, 0.15) is 4.88 Å². The van der Waals surface area contributed by atoms with E-state index >= 15 is 0 Å². The molecule has 0 fully saturated rings. The Labute approximate surface area is 110 Å². The second kappa shape index (κ2) is 5.35. The van der Waals surface area contributed by atoms with Gasteiger partial charge in [-0.05, 0) is 17.7 Å². The Bertz CT molecular complexity index is 568. The van der Waals surface area contributed by atoms with Crippen LogP contribution >= 0.6 is 11.3 Å². The van der Waals surface area contributed by atoms with Crippen molar-refractivity contribution in [3.05, 3.63) is 46.2 Å². The molecule has 2 rings (SSSR count). The van der Waals surface area contributed by atoms with Crippen molar-refractivity contribution in [3.8, 4) is 0 Å². The summed E-state index contributed by atoms with van der Waals surface area (Å²) in [5, 5.41) is 2.39. The van der Waals surface area contributed by atoms with Crippen molar-refractivity contribution in [2.75, 3.05) is 0 Å². The molecule has 100 valence electrons. The van der Waals surface area contributed by atoms with Crippen molar-refractivity contribution in [1.82, 2.24) is 15.3 Å². The minimum Gasteiger partial charge on any atom is -0.347 e. The first kappa shape index (κ1) is 13.5. The highest BCUT2D eigenvalue weighted by Gasteiger charge is 2.37. The summed E-state index contributed by atoms with van der Waals surface area (Å²) >= 11 is 0.400. The second-order valence-corrected chi connectivity index (χ2v) is 4.42. The predicted molar refractivity (Wildman–Crippen MR) is 62.5 cm³/mol. The zero-order valence-corrected chi connectivity index (χ0v) is 10.3. The van der Waals surface area contributed by atoms with Crippen molar-refractivity contribution < 1.29 is 18.0 Å². The molecule has 2 aromatic heterocycles. The van der Waals surface area contributed by atoms with E-state index in [1.165, 1.54) is 12.4 Å². The molecule has 0 spiro atoms. The molecule has 0 aromatic carbocycles. The van der Waals surface area contributed by atoms with Gasteiger partial charge in [0.25, 0.3) is 5.91 Å². The van der Waals surface area contributed by atoms with Crippen LogP contribution in [-0.4, -0.2) is 15.9 Å². The summed E-state index contributed by atoms with van der Waals surface area (Å²) in [4.78, 5) is 17.9. The second-order valence-electron chi connectivity index (χ2n) is 3.57. The lowest BCUT2D eigenvalue weighted by Crippen LogP contribution is -2.25. The summed E-state index contributed by atoms with van der Waals surface area (Å²) in [6.07, 6.45) is -1.50. The van der Waals surface area contributed by atoms with E-state index in [0.29, 0.717) is 11.3 Å². The highest BCUT2D eigenvalue weighted by atomic mass is 32.1. The third-order valence-electron chi connectivity index (χ3n) is 2.24. The fourth-order valence-electron chi connectivity index (χ4n) is 1.38. The van der Waals surface area contributed by atoms with Crippen LogP contribution in [0.25, 0.3) is 0 Å². The molecular weight excluding hydrogens is 279 g/mol. The molecule has 8 heteroatoms. The van der Waals surface area contributed by atoms with Crippen LogP contribution in [0.15, 0.2) is 30.0 Å². The summed E-state index contributed by atoms with van der Waals surface area (Å²) in [6.45, 7) is 0.121. The number of rotatable bonds is 3. The van der Waals surface area contributed by atoms with Crippen molar-refractivity contribution in [2.24, 2.45) is 0 Å². The van der Waals surface area contributed by atoms with Gasteiger partial charge in [-0.2, -0.15) is 13.2 Å². The van der Waals surface area contributed by atoms with E-state index in [1.54, 1.807) is 12.1 Å². The fraction of sp³-hybridized carbons (Fsp3) is 0.182. The zero-order chi connectivity index (χ0) is 13.9. The van der Waals surface area contributed by atoms with Gasteiger partial charge in [-0.3, -0.25) is 9.78 Å². The van der Waals surface area contributed by atoms with Crippen molar-refractivity contribution >= 4 is 17.2 Å². The molecule has 4 nitrogen and oxygen atoms in total. The third kappa shape index (κ3) is 3.28. The SMILES string of the molecule is O=C(NCc1ccncc1)c1ncsc1C(F)(F)F. The molecule has 0 aliphatic rings. The van der Waals surface area contributed by atoms with Crippen LogP contribution in [0.1, 0.15) is 20.9 Å². The normalized spacial score (nSPS) is 11.3. The number of hydrogen-bond donors (Lipinski definition) is 1. The standard InChI is InChI=1S/C11H8F3N3OS/c12-11(13,14)9-8(17-6-19-9)10(18)16-5-7-1-3-15-4-2-7/h1-4,6H,5H2,(H,16,18). The van der Waals surface area contributed by atoms with Crippen LogP contribution in [0.3, 0.4) is 0 Å². The Morgan fingerprint density at radius 3 is 2.63 bits per heavy atom. The summed E-state index contributed by atoms with van der Waals surface area (Å²) in [5.74, 6) is -0.842. The average Bonchev–Trinajstić information content (AvgIpc) is 2.86. The minimum absolute atomic E-state index is 0.121. The van der Waals surface area contributed by atoms with Gasteiger partial charge in [-0.15, -0.1) is 11.3 Å². The van der Waals surface area contributed by atoms with E-state index in [0.717, 1.165) is 11.1 Å². The first-order valence-corrected chi connectivity index (χ1v) is 6.04. The molecule has 0 saturated heterocycles. The monoisotopic (exact) mass is 287 g/mol. The van der Waals surface area contributed by atoms with Gasteiger partial charge in [0.05, 0.1) is 5.51 Å². The Morgan fingerprint density at radius 1 is 1.32 bits per heavy atom. The third-order valence-corrected chi connectivity index (χ3v) is 3.11. The fourth-order valence-corrected chi connectivity index (χ4v) is 2.03. The topological polar surface area (TPSA) is 54.9 Å². The Hall–Kier alpha value is -1.96. The maximum absolute atomic E-state index is 12.6. The van der Waals surface area contributed by atoms with E-state index in [1.807, 2.05) is 0 Å². The number of carbonyl (C=O) groups is 1. The summed E-state index contributed by atoms with van der Waals surface area (Å²) in [5.41, 5.74) is 1.16. The average molecular weight is 287 g/mol. The van der Waals surface area contributed by atoms with E-state index < -0.39 is 22.7 Å². The molecule has 0 unspecified atom stereocenters. The van der Waals surface area contributed by atoms with Crippen LogP contribution in [0, 0.1) is 0 Å². The number of carbonyl (C=O) groups excluding carboxylic acids is 1. The number of nitrogens with zero attached hydrogens (tertiary/aromatic N) is 2. The highest BCUT2D eigenvalue weighted by molar-refractivity contribution is 7.10. The smallest absolute Gasteiger partial charge is 0.347 e. The maximum Gasteiger partial charge on any atom is 0.427 e. The van der Waals surface area contributed by atoms with Gasteiger partial charge in [0, 0.05) is 18.9 Å². The first-order chi connectivity index (χ1) is 8.98. The predicted octanol–water partition coefficient (Wildman–Crippen LogP) is 2.49. The quantitative estimate of drug-likeness (QED) is 0.943. The van der Waals surface area contributed by atoms with Gasteiger partial charge in [-0.25, -0.2) is 4.98 Å². The summed E-state index contributed by atoms with van der Waals surface area (Å²) < 4.78 is 37.8. The molecule has 1 amide bonds. The number of hydrogen-bond acceptors (Lipinski definition) is 4. The molecule has 0 atom stereocenters. The molecule has 1 N–H and O–H groups in total. The van der Waals surface area contributed by atoms with Gasteiger partial charge >= 0.3 is 6.18 Å². The molecule has 2 aromatic rings. The summed E-state index contributed by atoms with van der Waals surface area (Å²) in [7, 11) is 0. The Morgan fingerprint density at radius 2 is 2.00 bits per heavy atom. The number of pyridine rings is 1. The van der Waals surface area contributed by atoms with E-state index in [4.69, 9.17) is 0 Å². The van der Waals surface area contributed by atoms with Crippen LogP contribution < -0.4 is 5.32 Å². The number of nitrogens with one attached hydrogen (secondary N) is 1. The van der Waals surface area contributed by atoms with Gasteiger partial charge in [-0.1, -0.05) is 0 Å². The van der Waals surface area contributed by atoms with Gasteiger partial charge in [0.2, 0.25) is 0 Å². The van der Waals surface area contributed by atoms with Crippen molar-refractivity contribution in [3.63, 3.8) is 0 Å². The van der Waals surface area contributed by atoms with Crippen LogP contribution in [-0.2, 0) is 12.7 Å². The van der Waals surface area contributed by atoms with E-state index in [-0.39, 0.29) is 6.54 Å². The largest absolute Gasteiger partial charge is 0.427 e. The molecule has 0 bridgehead atoms. The molecule has 0 aliphatic heterocycles. The summed E-state index contributed by atoms with van der Waals surface area (Å²) in [6, 6.07) is 3.32. The molecule has 0 radical (unpaired) electrons. The van der Waals surface area contributed by atoms with E-state index in [2.05, 4.69) is 15.3 Å². The number of amides is 1. The van der Waals surface area contributed by atoms with Crippen molar-refractivity contribution in [1.29, 1.82) is 0 Å². The Balaban J connectivity index is 2.07. The maximum atomic E-state index is 12.6. The van der Waals surface area contributed by atoms with Gasteiger partial charge < -0.3 is 5.32 Å². The van der Waals surface area contributed by atoms with Crippen LogP contribution in [0.5, 0.6) is 0 Å². The lowest BCUT2D eigenvalue weighted by atomic mass is 10.2. The highest BCUT2D eigenvalue weighted by Crippen LogP contribution is 2.34. The van der Waals surface area contributed by atoms with Crippen molar-refractivity contribution in [2.45, 2.75) is 12.7 Å². The number of aromatic nitrogens is 2. The molecule has 0 aliphatic carbocycles. The molecule has 2 heterocycles. The van der Waals surface area contributed by atoms with E-state index in [9.17, 15) is 18.0 Å². The lowest BCUT2D eigenvalue weighted by molar-refractivity contribution is -0.134. The Kier molecular flexibility index (Phi) is 3.79. The molecule has 0 saturated carbocycles. The minimum atomic E-state index is -4.56. The number of thiazole rings is 1. The molecule has 19 heavy (non-hydrogen) atoms. The lowest BCUT2D eigenvalue weighted by Gasteiger charge is -2.07. The zero-order valence-electron chi connectivity index (χ0n) is 9.44. The number of alkyl halides is 3. The number of halogens is 3. The van der Waals surface area contributed by atoms with Crippen LogP contribution in [0.4, 0.5) is 13.2 Å². The van der Waals surface area contributed by atoms with Gasteiger partial charge in [0.15, 0.2) is 5.69 Å². The van der Waals surface area contributed by atoms with Crippen LogP contribution in [0.2, 0.25) is 0 Å².